The fourth-order valence-electron chi connectivity index (χ4n) is 3.40. The smallest absolute Gasteiger partial charge is 0.0686 e. The van der Waals surface area contributed by atoms with E-state index in [2.05, 4.69) is 56.9 Å². The first-order valence-electron chi connectivity index (χ1n) is 7.85. The highest BCUT2D eigenvalue weighted by Crippen LogP contribution is 2.26. The number of aromatic nitrogens is 3. The van der Waals surface area contributed by atoms with Crippen LogP contribution in [0.15, 0.2) is 48.9 Å². The molecule has 4 rings (SSSR count). The number of benzene rings is 1. The molecule has 0 N–H and O–H groups in total. The highest BCUT2D eigenvalue weighted by molar-refractivity contribution is 5.78. The van der Waals surface area contributed by atoms with E-state index in [1.165, 1.54) is 22.0 Å². The Hall–Kier alpha value is -2.20. The molecule has 3 heterocycles. The van der Waals surface area contributed by atoms with Crippen LogP contribution in [0, 0.1) is 6.92 Å². The lowest BCUT2D eigenvalue weighted by atomic mass is 10.2. The van der Waals surface area contributed by atoms with Gasteiger partial charge in [0.05, 0.1) is 17.8 Å². The average Bonchev–Trinajstić information content (AvgIpc) is 3.13. The number of hydrogen-bond acceptors (Lipinski definition) is 3. The van der Waals surface area contributed by atoms with Crippen molar-refractivity contribution in [2.75, 3.05) is 13.1 Å². The van der Waals surface area contributed by atoms with Crippen molar-refractivity contribution in [1.29, 1.82) is 0 Å². The van der Waals surface area contributed by atoms with E-state index in [1.54, 1.807) is 0 Å². The summed E-state index contributed by atoms with van der Waals surface area (Å²) in [7, 11) is 0. The first-order chi connectivity index (χ1) is 10.8. The zero-order chi connectivity index (χ0) is 14.9. The van der Waals surface area contributed by atoms with Gasteiger partial charge in [0.25, 0.3) is 0 Å². The number of likely N-dealkylation sites (tertiary alicyclic amines) is 1. The number of pyridine rings is 1. The quantitative estimate of drug-likeness (QED) is 0.743. The highest BCUT2D eigenvalue weighted by Gasteiger charge is 2.25. The summed E-state index contributed by atoms with van der Waals surface area (Å²) in [6.07, 6.45) is 7.02. The van der Waals surface area contributed by atoms with Crippen molar-refractivity contribution in [3.63, 3.8) is 0 Å². The Morgan fingerprint density at radius 2 is 2.09 bits per heavy atom. The Morgan fingerprint density at radius 3 is 3.00 bits per heavy atom. The molecule has 1 atom stereocenters. The van der Waals surface area contributed by atoms with Gasteiger partial charge in [-0.15, -0.1) is 0 Å². The summed E-state index contributed by atoms with van der Waals surface area (Å²) in [4.78, 5) is 6.79. The minimum Gasteiger partial charge on any atom is -0.297 e. The molecule has 1 aliphatic heterocycles. The fraction of sp³-hybridized carbons (Fsp3) is 0.333. The number of rotatable bonds is 3. The first kappa shape index (κ1) is 13.5. The predicted octanol–water partition coefficient (Wildman–Crippen LogP) is 3.19. The van der Waals surface area contributed by atoms with Crippen LogP contribution in [-0.2, 0) is 6.54 Å². The largest absolute Gasteiger partial charge is 0.297 e. The van der Waals surface area contributed by atoms with E-state index in [1.807, 2.05) is 18.6 Å². The molecule has 3 aromatic rings. The molecule has 1 aliphatic rings. The highest BCUT2D eigenvalue weighted by atomic mass is 15.3. The fourth-order valence-corrected chi connectivity index (χ4v) is 3.40. The maximum Gasteiger partial charge on any atom is 0.0686 e. The normalized spacial score (nSPS) is 19.0. The molecule has 112 valence electrons. The van der Waals surface area contributed by atoms with E-state index < -0.39 is 0 Å². The molecule has 0 amide bonds. The SMILES string of the molecule is Cc1cncc(CN2CC[C@@H](n3ncc4ccccc43)C2)c1. The maximum absolute atomic E-state index is 4.61. The summed E-state index contributed by atoms with van der Waals surface area (Å²) in [6.45, 7) is 5.25. The van der Waals surface area contributed by atoms with E-state index in [9.17, 15) is 0 Å². The van der Waals surface area contributed by atoms with E-state index >= 15 is 0 Å². The summed E-state index contributed by atoms with van der Waals surface area (Å²) in [5.74, 6) is 0. The van der Waals surface area contributed by atoms with E-state index in [0.717, 1.165) is 26.1 Å². The van der Waals surface area contributed by atoms with Crippen LogP contribution in [0.5, 0.6) is 0 Å². The Balaban J connectivity index is 1.50. The van der Waals surface area contributed by atoms with Crippen molar-refractivity contribution in [3.8, 4) is 0 Å². The van der Waals surface area contributed by atoms with E-state index in [4.69, 9.17) is 0 Å². The number of nitrogens with zero attached hydrogens (tertiary/aromatic N) is 4. The summed E-state index contributed by atoms with van der Waals surface area (Å²) < 4.78 is 2.20. The molecule has 0 spiro atoms. The van der Waals surface area contributed by atoms with Gasteiger partial charge >= 0.3 is 0 Å². The van der Waals surface area contributed by atoms with Gasteiger partial charge in [-0.3, -0.25) is 14.6 Å². The Labute approximate surface area is 130 Å². The molecule has 0 unspecified atom stereocenters. The molecule has 0 aliphatic carbocycles. The van der Waals surface area contributed by atoms with Crippen LogP contribution >= 0.6 is 0 Å². The molecular weight excluding hydrogens is 272 g/mol. The van der Waals surface area contributed by atoms with Gasteiger partial charge in [0.15, 0.2) is 0 Å². The lowest BCUT2D eigenvalue weighted by molar-refractivity contribution is 0.313. The lowest BCUT2D eigenvalue weighted by Gasteiger charge is -2.16. The van der Waals surface area contributed by atoms with Crippen molar-refractivity contribution in [3.05, 3.63) is 60.0 Å². The van der Waals surface area contributed by atoms with E-state index in [-0.39, 0.29) is 0 Å². The minimum atomic E-state index is 0.470. The van der Waals surface area contributed by atoms with Crippen LogP contribution in [0.2, 0.25) is 0 Å². The van der Waals surface area contributed by atoms with Gasteiger partial charge in [0.2, 0.25) is 0 Å². The van der Waals surface area contributed by atoms with Gasteiger partial charge in [0, 0.05) is 37.4 Å². The molecule has 1 fully saturated rings. The standard InChI is InChI=1S/C18H20N4/c1-14-8-15(10-19-9-14)12-21-7-6-17(13-21)22-18-5-3-2-4-16(18)11-20-22/h2-5,8-11,17H,6-7,12-13H2,1H3/t17-/m1/s1. The summed E-state index contributed by atoms with van der Waals surface area (Å²) in [5, 5.41) is 5.84. The van der Waals surface area contributed by atoms with Crippen LogP contribution < -0.4 is 0 Å². The molecule has 4 heteroatoms. The lowest BCUT2D eigenvalue weighted by Crippen LogP contribution is -2.21. The molecule has 1 aromatic carbocycles. The molecule has 2 aromatic heterocycles. The van der Waals surface area contributed by atoms with Gasteiger partial charge in [-0.05, 0) is 30.5 Å². The molecule has 0 saturated carbocycles. The third-order valence-electron chi connectivity index (χ3n) is 4.44. The molecule has 1 saturated heterocycles. The predicted molar refractivity (Wildman–Crippen MR) is 87.6 cm³/mol. The van der Waals surface area contributed by atoms with Crippen molar-refractivity contribution < 1.29 is 0 Å². The summed E-state index contributed by atoms with van der Waals surface area (Å²) >= 11 is 0. The summed E-state index contributed by atoms with van der Waals surface area (Å²) in [6, 6.07) is 11.1. The van der Waals surface area contributed by atoms with Crippen molar-refractivity contribution >= 4 is 10.9 Å². The third kappa shape index (κ3) is 2.50. The van der Waals surface area contributed by atoms with E-state index in [0.29, 0.717) is 6.04 Å². The zero-order valence-corrected chi connectivity index (χ0v) is 12.8. The van der Waals surface area contributed by atoms with Crippen LogP contribution in [-0.4, -0.2) is 32.8 Å². The summed E-state index contributed by atoms with van der Waals surface area (Å²) in [5.41, 5.74) is 3.77. The van der Waals surface area contributed by atoms with Gasteiger partial charge in [-0.1, -0.05) is 24.3 Å². The number of para-hydroxylation sites is 1. The second-order valence-corrected chi connectivity index (χ2v) is 6.20. The van der Waals surface area contributed by atoms with Crippen LogP contribution in [0.4, 0.5) is 0 Å². The number of hydrogen-bond donors (Lipinski definition) is 0. The second-order valence-electron chi connectivity index (χ2n) is 6.20. The second kappa shape index (κ2) is 5.54. The zero-order valence-electron chi connectivity index (χ0n) is 12.8. The molecule has 0 bridgehead atoms. The average molecular weight is 292 g/mol. The maximum atomic E-state index is 4.61. The van der Waals surface area contributed by atoms with Crippen molar-refractivity contribution in [2.24, 2.45) is 0 Å². The van der Waals surface area contributed by atoms with Gasteiger partial charge < -0.3 is 0 Å². The van der Waals surface area contributed by atoms with Crippen molar-refractivity contribution in [1.82, 2.24) is 19.7 Å². The Kier molecular flexibility index (Phi) is 3.39. The van der Waals surface area contributed by atoms with Crippen LogP contribution in [0.1, 0.15) is 23.6 Å². The van der Waals surface area contributed by atoms with Crippen molar-refractivity contribution in [2.45, 2.75) is 25.9 Å². The van der Waals surface area contributed by atoms with Crippen LogP contribution in [0.25, 0.3) is 10.9 Å². The molecule has 22 heavy (non-hydrogen) atoms. The third-order valence-corrected chi connectivity index (χ3v) is 4.44. The Bertz CT molecular complexity index is 792. The van der Waals surface area contributed by atoms with Gasteiger partial charge in [-0.2, -0.15) is 5.10 Å². The minimum absolute atomic E-state index is 0.470. The first-order valence-corrected chi connectivity index (χ1v) is 7.85. The monoisotopic (exact) mass is 292 g/mol. The van der Waals surface area contributed by atoms with Crippen LogP contribution in [0.3, 0.4) is 0 Å². The molecule has 4 nitrogen and oxygen atoms in total. The molecular formula is C18H20N4. The molecule has 0 radical (unpaired) electrons. The van der Waals surface area contributed by atoms with Gasteiger partial charge in [-0.25, -0.2) is 0 Å². The Morgan fingerprint density at radius 1 is 1.18 bits per heavy atom. The van der Waals surface area contributed by atoms with Gasteiger partial charge in [0.1, 0.15) is 0 Å². The number of fused-ring (bicyclic) bond motifs is 1. The number of aryl methyl sites for hydroxylation is 1. The topological polar surface area (TPSA) is 34.0 Å².